The highest BCUT2D eigenvalue weighted by Gasteiger charge is 2.35. The number of aromatic hydroxyl groups is 1. The van der Waals surface area contributed by atoms with E-state index in [4.69, 9.17) is 4.74 Å². The Hall–Kier alpha value is -4.68. The summed E-state index contributed by atoms with van der Waals surface area (Å²) in [6.45, 7) is 3.78. The molecule has 4 rings (SSSR count). The number of anilines is 2. The molecule has 0 bridgehead atoms. The Morgan fingerprint density at radius 3 is 2.50 bits per heavy atom. The number of para-hydroxylation sites is 2. The monoisotopic (exact) mass is 554 g/mol. The lowest BCUT2D eigenvalue weighted by atomic mass is 9.82. The van der Waals surface area contributed by atoms with Crippen molar-refractivity contribution in [2.45, 2.75) is 26.2 Å². The van der Waals surface area contributed by atoms with Crippen LogP contribution >= 0.6 is 11.8 Å². The zero-order valence-electron chi connectivity index (χ0n) is 22.4. The number of benzene rings is 3. The average Bonchev–Trinajstić information content (AvgIpc) is 2.96. The normalized spacial score (nSPS) is 14.7. The molecule has 0 unspecified atom stereocenters. The quantitative estimate of drug-likeness (QED) is 0.269. The summed E-state index contributed by atoms with van der Waals surface area (Å²) < 4.78 is 5.31. The number of allylic oxidation sites excluding steroid dienone is 2. The highest BCUT2D eigenvalue weighted by Crippen LogP contribution is 2.43. The number of hydrogen-bond donors (Lipinski definition) is 4. The van der Waals surface area contributed by atoms with E-state index < -0.39 is 5.92 Å². The van der Waals surface area contributed by atoms with Crippen molar-refractivity contribution in [2.75, 3.05) is 23.5 Å². The van der Waals surface area contributed by atoms with Gasteiger partial charge in [0.15, 0.2) is 11.5 Å². The molecule has 0 fully saturated rings. The molecule has 8 nitrogen and oxygen atoms in total. The molecule has 204 valence electrons. The summed E-state index contributed by atoms with van der Waals surface area (Å²) in [7, 11) is 1.43. The van der Waals surface area contributed by atoms with Gasteiger partial charge in [0.05, 0.1) is 35.5 Å². The van der Waals surface area contributed by atoms with Gasteiger partial charge in [0.25, 0.3) is 5.91 Å². The van der Waals surface area contributed by atoms with Crippen molar-refractivity contribution in [1.82, 2.24) is 5.32 Å². The fourth-order valence-electron chi connectivity index (χ4n) is 4.53. The number of methoxy groups -OCH3 is 1. The first-order chi connectivity index (χ1) is 19.4. The molecule has 0 aromatic heterocycles. The van der Waals surface area contributed by atoms with Crippen LogP contribution in [0.3, 0.4) is 0 Å². The van der Waals surface area contributed by atoms with Crippen LogP contribution < -0.4 is 20.7 Å². The predicted octanol–water partition coefficient (Wildman–Crippen LogP) is 5.67. The van der Waals surface area contributed by atoms with Crippen molar-refractivity contribution >= 4 is 35.0 Å². The number of hydrogen-bond acceptors (Lipinski definition) is 7. The van der Waals surface area contributed by atoms with E-state index in [1.54, 1.807) is 31.2 Å². The van der Waals surface area contributed by atoms with Crippen LogP contribution in [0.5, 0.6) is 11.5 Å². The molecule has 1 heterocycles. The van der Waals surface area contributed by atoms with E-state index >= 15 is 0 Å². The van der Waals surface area contributed by atoms with E-state index in [0.29, 0.717) is 27.6 Å². The Bertz CT molecular complexity index is 1530. The number of carbonyl (C=O) groups is 2. The molecule has 3 aromatic carbocycles. The molecule has 0 aliphatic carbocycles. The number of phenolic OH excluding ortho intramolecular Hbond substituents is 1. The Labute approximate surface area is 237 Å². The van der Waals surface area contributed by atoms with E-state index in [-0.39, 0.29) is 34.6 Å². The first-order valence-electron chi connectivity index (χ1n) is 12.7. The number of rotatable bonds is 9. The number of ether oxygens (including phenoxy) is 1. The molecule has 1 atom stereocenters. The number of aryl methyl sites for hydroxylation is 1. The van der Waals surface area contributed by atoms with Crippen LogP contribution in [0, 0.1) is 11.3 Å². The first-order valence-corrected chi connectivity index (χ1v) is 13.7. The zero-order valence-corrected chi connectivity index (χ0v) is 23.3. The van der Waals surface area contributed by atoms with Gasteiger partial charge in [0.2, 0.25) is 5.91 Å². The third-order valence-electron chi connectivity index (χ3n) is 6.48. The molecule has 1 aliphatic heterocycles. The highest BCUT2D eigenvalue weighted by atomic mass is 32.2. The Morgan fingerprint density at radius 2 is 1.80 bits per heavy atom. The van der Waals surface area contributed by atoms with Gasteiger partial charge < -0.3 is 25.8 Å². The van der Waals surface area contributed by atoms with E-state index in [9.17, 15) is 20.0 Å². The van der Waals surface area contributed by atoms with Crippen LogP contribution in [0.2, 0.25) is 0 Å². The minimum atomic E-state index is -0.768. The maximum atomic E-state index is 13.6. The summed E-state index contributed by atoms with van der Waals surface area (Å²) in [5.74, 6) is -1.14. The lowest BCUT2D eigenvalue weighted by Crippen LogP contribution is -2.31. The van der Waals surface area contributed by atoms with Crippen molar-refractivity contribution in [3.63, 3.8) is 0 Å². The summed E-state index contributed by atoms with van der Waals surface area (Å²) in [5, 5.41) is 30.0. The van der Waals surface area contributed by atoms with Gasteiger partial charge in [-0.05, 0) is 54.8 Å². The highest BCUT2D eigenvalue weighted by molar-refractivity contribution is 8.03. The van der Waals surface area contributed by atoms with Gasteiger partial charge in [-0.1, -0.05) is 61.2 Å². The summed E-state index contributed by atoms with van der Waals surface area (Å²) in [6, 6.07) is 23.7. The Balaban J connectivity index is 1.67. The van der Waals surface area contributed by atoms with Crippen LogP contribution in [-0.2, 0) is 16.0 Å². The van der Waals surface area contributed by atoms with Crippen LogP contribution in [0.1, 0.15) is 30.9 Å². The molecule has 0 saturated carbocycles. The number of nitriles is 1. The van der Waals surface area contributed by atoms with Crippen molar-refractivity contribution in [2.24, 2.45) is 0 Å². The number of amides is 2. The number of phenols is 1. The van der Waals surface area contributed by atoms with Gasteiger partial charge in [0.1, 0.15) is 0 Å². The van der Waals surface area contributed by atoms with Gasteiger partial charge >= 0.3 is 0 Å². The molecule has 0 radical (unpaired) electrons. The molecule has 3 aromatic rings. The van der Waals surface area contributed by atoms with Crippen LogP contribution in [-0.4, -0.2) is 29.8 Å². The minimum Gasteiger partial charge on any atom is -0.504 e. The third-order valence-corrected chi connectivity index (χ3v) is 7.50. The molecule has 4 N–H and O–H groups in total. The molecule has 0 saturated heterocycles. The molecule has 1 aliphatic rings. The van der Waals surface area contributed by atoms with E-state index in [1.807, 2.05) is 49.4 Å². The van der Waals surface area contributed by atoms with E-state index in [0.717, 1.165) is 17.7 Å². The van der Waals surface area contributed by atoms with Crippen LogP contribution in [0.25, 0.3) is 0 Å². The van der Waals surface area contributed by atoms with Gasteiger partial charge in [0, 0.05) is 22.6 Å². The lowest BCUT2D eigenvalue weighted by Gasteiger charge is -2.30. The largest absolute Gasteiger partial charge is 0.504 e. The van der Waals surface area contributed by atoms with E-state index in [1.165, 1.54) is 24.9 Å². The molecular formula is C31H30N4O4S. The smallest absolute Gasteiger partial charge is 0.254 e. The standard InChI is InChI=1S/C31H30N4O4S/c1-4-20-10-8-9-13-24(20)35-27(37)18-40-31-23(17-32)29(21-14-15-25(36)26(16-21)39-3)28(19(2)33-31)30(38)34-22-11-6-5-7-12-22/h5-16,29,33,36H,4,18H2,1-3H3,(H,34,38)(H,35,37)/t29-/m1/s1. The predicted molar refractivity (Wildman–Crippen MR) is 158 cm³/mol. The second-order valence-corrected chi connectivity index (χ2v) is 10.0. The van der Waals surface area contributed by atoms with Crippen molar-refractivity contribution in [1.29, 1.82) is 5.26 Å². The number of nitrogens with zero attached hydrogens (tertiary/aromatic N) is 1. The summed E-state index contributed by atoms with van der Waals surface area (Å²) in [4.78, 5) is 26.5. The lowest BCUT2D eigenvalue weighted by molar-refractivity contribution is -0.114. The fraction of sp³-hybridized carbons (Fsp3) is 0.194. The molecule has 2 amide bonds. The van der Waals surface area contributed by atoms with Crippen molar-refractivity contribution in [3.05, 3.63) is 106 Å². The van der Waals surface area contributed by atoms with Crippen LogP contribution in [0.4, 0.5) is 11.4 Å². The van der Waals surface area contributed by atoms with Crippen molar-refractivity contribution < 1.29 is 19.4 Å². The number of nitrogens with one attached hydrogen (secondary N) is 3. The number of dihydropyridines is 1. The van der Waals surface area contributed by atoms with Gasteiger partial charge in [-0.15, -0.1) is 0 Å². The summed E-state index contributed by atoms with van der Waals surface area (Å²) >= 11 is 1.19. The fourth-order valence-corrected chi connectivity index (χ4v) is 5.42. The molecular weight excluding hydrogens is 524 g/mol. The van der Waals surface area contributed by atoms with Crippen LogP contribution in [0.15, 0.2) is 94.7 Å². The summed E-state index contributed by atoms with van der Waals surface area (Å²) in [6.07, 6.45) is 0.782. The molecule has 40 heavy (non-hydrogen) atoms. The Kier molecular flexibility index (Phi) is 9.15. The summed E-state index contributed by atoms with van der Waals surface area (Å²) in [5.41, 5.74) is 4.16. The average molecular weight is 555 g/mol. The van der Waals surface area contributed by atoms with Gasteiger partial charge in [-0.3, -0.25) is 9.59 Å². The van der Waals surface area contributed by atoms with Gasteiger partial charge in [-0.25, -0.2) is 0 Å². The van der Waals surface area contributed by atoms with Crippen molar-refractivity contribution in [3.8, 4) is 17.6 Å². The number of thioether (sulfide) groups is 1. The van der Waals surface area contributed by atoms with Gasteiger partial charge in [-0.2, -0.15) is 5.26 Å². The minimum absolute atomic E-state index is 0.0516. The topological polar surface area (TPSA) is 123 Å². The maximum absolute atomic E-state index is 13.6. The third kappa shape index (κ3) is 6.30. The Morgan fingerprint density at radius 1 is 1.07 bits per heavy atom. The zero-order chi connectivity index (χ0) is 28.6. The maximum Gasteiger partial charge on any atom is 0.254 e. The van der Waals surface area contributed by atoms with E-state index in [2.05, 4.69) is 22.0 Å². The SMILES string of the molecule is CCc1ccccc1NC(=O)CSC1=C(C#N)[C@@H](c2ccc(O)c(OC)c2)C(C(=O)Nc2ccccc2)=C(C)N1. The first kappa shape index (κ1) is 28.3. The second kappa shape index (κ2) is 12.9. The number of carbonyl (C=O) groups excluding carboxylic acids is 2. The second-order valence-electron chi connectivity index (χ2n) is 9.05. The molecule has 0 spiro atoms. The molecule has 9 heteroatoms.